The lowest BCUT2D eigenvalue weighted by atomic mass is 9.95. The molecule has 0 spiro atoms. The molecule has 0 N–H and O–H groups in total. The number of para-hydroxylation sites is 1. The summed E-state index contributed by atoms with van der Waals surface area (Å²) in [5, 5.41) is 12.4. The highest BCUT2D eigenvalue weighted by molar-refractivity contribution is 6.02. The molecule has 5 aromatic rings. The maximum atomic E-state index is 6.65. The molecule has 7 rings (SSSR count). The highest BCUT2D eigenvalue weighted by Gasteiger charge is 2.42. The van der Waals surface area contributed by atoms with Crippen molar-refractivity contribution in [2.24, 2.45) is 5.10 Å². The summed E-state index contributed by atoms with van der Waals surface area (Å²) in [5.74, 6) is 2.23. The second kappa shape index (κ2) is 8.27. The number of benzene rings is 4. The van der Waals surface area contributed by atoms with Gasteiger partial charge in [-0.3, -0.25) is 0 Å². The molecule has 2 unspecified atom stereocenters. The molecule has 0 radical (unpaired) electrons. The van der Waals surface area contributed by atoms with E-state index >= 15 is 0 Å². The van der Waals surface area contributed by atoms with Gasteiger partial charge in [0.1, 0.15) is 5.52 Å². The van der Waals surface area contributed by atoms with Crippen molar-refractivity contribution in [3.63, 3.8) is 0 Å². The first-order valence-corrected chi connectivity index (χ1v) is 12.0. The van der Waals surface area contributed by atoms with Crippen molar-refractivity contribution in [3.8, 4) is 22.8 Å². The number of hydrogen-bond acceptors (Lipinski definition) is 6. The molecular formula is C30H23N3O3. The van der Waals surface area contributed by atoms with Gasteiger partial charge in [-0.15, -0.1) is 0 Å². The first kappa shape index (κ1) is 20.8. The molecule has 0 bridgehead atoms. The van der Waals surface area contributed by atoms with Crippen molar-refractivity contribution >= 4 is 16.6 Å². The molecule has 0 saturated heterocycles. The quantitative estimate of drug-likeness (QED) is 0.289. The van der Waals surface area contributed by atoms with Crippen LogP contribution in [-0.4, -0.2) is 23.0 Å². The molecular weight excluding hydrogens is 450 g/mol. The summed E-state index contributed by atoms with van der Waals surface area (Å²) >= 11 is 0. The van der Waals surface area contributed by atoms with Gasteiger partial charge >= 0.3 is 0 Å². The Morgan fingerprint density at radius 3 is 2.42 bits per heavy atom. The monoisotopic (exact) mass is 473 g/mol. The van der Waals surface area contributed by atoms with Gasteiger partial charge in [-0.1, -0.05) is 84.0 Å². The van der Waals surface area contributed by atoms with E-state index in [0.717, 1.165) is 62.5 Å². The van der Waals surface area contributed by atoms with Crippen LogP contribution in [0.2, 0.25) is 0 Å². The second-order valence-corrected chi connectivity index (χ2v) is 9.02. The Bertz CT molecular complexity index is 1590. The van der Waals surface area contributed by atoms with E-state index in [1.807, 2.05) is 72.8 Å². The minimum absolute atomic E-state index is 0.0378. The number of ether oxygens (including phenoxy) is 2. The Morgan fingerprint density at radius 2 is 1.64 bits per heavy atom. The van der Waals surface area contributed by atoms with Crippen molar-refractivity contribution in [3.05, 3.63) is 114 Å². The van der Waals surface area contributed by atoms with Crippen LogP contribution >= 0.6 is 0 Å². The zero-order chi connectivity index (χ0) is 24.1. The minimum atomic E-state index is -0.428. The summed E-state index contributed by atoms with van der Waals surface area (Å²) in [7, 11) is 1.68. The van der Waals surface area contributed by atoms with E-state index in [-0.39, 0.29) is 6.04 Å². The van der Waals surface area contributed by atoms with Crippen LogP contribution in [0.15, 0.2) is 107 Å². The SMILES string of the molecule is COc1cccc2c1OC(c1ccc3noc(-c4ccccc4)c3c1)N1N=C(c3ccccc3)CC21. The first-order valence-electron chi connectivity index (χ1n) is 12.0. The van der Waals surface area contributed by atoms with Crippen molar-refractivity contribution in [1.29, 1.82) is 0 Å². The van der Waals surface area contributed by atoms with E-state index < -0.39 is 6.23 Å². The molecule has 0 fully saturated rings. The largest absolute Gasteiger partial charge is 0.493 e. The zero-order valence-electron chi connectivity index (χ0n) is 19.7. The van der Waals surface area contributed by atoms with Crippen LogP contribution in [-0.2, 0) is 0 Å². The van der Waals surface area contributed by atoms with Crippen molar-refractivity contribution in [1.82, 2.24) is 10.2 Å². The minimum Gasteiger partial charge on any atom is -0.493 e. The lowest BCUT2D eigenvalue weighted by molar-refractivity contribution is -0.0208. The lowest BCUT2D eigenvalue weighted by Crippen LogP contribution is -2.33. The Labute approximate surface area is 208 Å². The van der Waals surface area contributed by atoms with Gasteiger partial charge in [0.25, 0.3) is 0 Å². The number of rotatable bonds is 4. The smallest absolute Gasteiger partial charge is 0.214 e. The van der Waals surface area contributed by atoms with Gasteiger partial charge < -0.3 is 14.0 Å². The van der Waals surface area contributed by atoms with Crippen LogP contribution in [0.1, 0.15) is 35.4 Å². The fraction of sp³-hybridized carbons (Fsp3) is 0.133. The summed E-state index contributed by atoms with van der Waals surface area (Å²) in [6.45, 7) is 0. The molecule has 0 amide bonds. The van der Waals surface area contributed by atoms with Crippen LogP contribution < -0.4 is 9.47 Å². The first-order chi connectivity index (χ1) is 17.8. The zero-order valence-corrected chi connectivity index (χ0v) is 19.7. The standard InChI is InChI=1S/C30H23N3O3/c1-34-27-14-8-13-22-26-18-25(19-9-4-2-5-10-19)31-33(26)30(35-29(22)27)21-15-16-24-23(17-21)28(36-32-24)20-11-6-3-7-12-20/h2-17,26,30H,18H2,1H3. The van der Waals surface area contributed by atoms with Crippen LogP contribution in [0.25, 0.3) is 22.2 Å². The van der Waals surface area contributed by atoms with Crippen molar-refractivity contribution in [2.75, 3.05) is 7.11 Å². The van der Waals surface area contributed by atoms with Gasteiger partial charge in [0.05, 0.1) is 24.2 Å². The molecule has 2 aliphatic heterocycles. The third-order valence-electron chi connectivity index (χ3n) is 6.93. The van der Waals surface area contributed by atoms with Gasteiger partial charge in [-0.25, -0.2) is 5.01 Å². The predicted molar refractivity (Wildman–Crippen MR) is 138 cm³/mol. The number of methoxy groups -OCH3 is 1. The summed E-state index contributed by atoms with van der Waals surface area (Å²) in [6, 6.07) is 32.6. The maximum Gasteiger partial charge on any atom is 0.214 e. The van der Waals surface area contributed by atoms with Crippen LogP contribution in [0.3, 0.4) is 0 Å². The van der Waals surface area contributed by atoms with Gasteiger partial charge in [0, 0.05) is 23.1 Å². The van der Waals surface area contributed by atoms with Gasteiger partial charge in [-0.05, 0) is 23.8 Å². The molecule has 3 heterocycles. The summed E-state index contributed by atoms with van der Waals surface area (Å²) < 4.78 is 18.1. The topological polar surface area (TPSA) is 60.1 Å². The summed E-state index contributed by atoms with van der Waals surface area (Å²) in [5.41, 5.74) is 6.01. The molecule has 0 saturated carbocycles. The molecule has 6 heteroatoms. The number of aromatic nitrogens is 1. The van der Waals surface area contributed by atoms with Gasteiger partial charge in [0.15, 0.2) is 17.3 Å². The predicted octanol–water partition coefficient (Wildman–Crippen LogP) is 6.75. The van der Waals surface area contributed by atoms with E-state index in [9.17, 15) is 0 Å². The summed E-state index contributed by atoms with van der Waals surface area (Å²) in [6.07, 6.45) is 0.359. The Morgan fingerprint density at radius 1 is 0.861 bits per heavy atom. The fourth-order valence-corrected chi connectivity index (χ4v) is 5.18. The Hall–Kier alpha value is -4.58. The van der Waals surface area contributed by atoms with Crippen LogP contribution in [0, 0.1) is 0 Å². The molecule has 2 aliphatic rings. The highest BCUT2D eigenvalue weighted by Crippen LogP contribution is 2.51. The fourth-order valence-electron chi connectivity index (χ4n) is 5.18. The van der Waals surface area contributed by atoms with E-state index in [2.05, 4.69) is 34.4 Å². The highest BCUT2D eigenvalue weighted by atomic mass is 16.5. The Balaban J connectivity index is 1.37. The average molecular weight is 474 g/mol. The third-order valence-corrected chi connectivity index (χ3v) is 6.93. The number of nitrogens with zero attached hydrogens (tertiary/aromatic N) is 3. The van der Waals surface area contributed by atoms with E-state index in [0.29, 0.717) is 0 Å². The van der Waals surface area contributed by atoms with E-state index in [4.69, 9.17) is 19.1 Å². The number of fused-ring (bicyclic) bond motifs is 4. The summed E-state index contributed by atoms with van der Waals surface area (Å²) in [4.78, 5) is 0. The average Bonchev–Trinajstić information content (AvgIpc) is 3.58. The van der Waals surface area contributed by atoms with Crippen LogP contribution in [0.4, 0.5) is 0 Å². The second-order valence-electron chi connectivity index (χ2n) is 9.02. The van der Waals surface area contributed by atoms with E-state index in [1.54, 1.807) is 7.11 Å². The molecule has 36 heavy (non-hydrogen) atoms. The lowest BCUT2D eigenvalue weighted by Gasteiger charge is -2.38. The van der Waals surface area contributed by atoms with Gasteiger partial charge in [-0.2, -0.15) is 5.10 Å². The molecule has 2 atom stereocenters. The molecule has 1 aromatic heterocycles. The van der Waals surface area contributed by atoms with Gasteiger partial charge in [0.2, 0.25) is 6.23 Å². The number of hydrazone groups is 1. The molecule has 0 aliphatic carbocycles. The normalized spacial score (nSPS) is 18.4. The molecule has 4 aromatic carbocycles. The van der Waals surface area contributed by atoms with Crippen LogP contribution in [0.5, 0.6) is 11.5 Å². The van der Waals surface area contributed by atoms with Crippen molar-refractivity contribution in [2.45, 2.75) is 18.7 Å². The molecule has 6 nitrogen and oxygen atoms in total. The number of hydrogen-bond donors (Lipinski definition) is 0. The molecule has 176 valence electrons. The maximum absolute atomic E-state index is 6.65. The third kappa shape index (κ3) is 3.26. The van der Waals surface area contributed by atoms with Crippen molar-refractivity contribution < 1.29 is 14.0 Å². The Kier molecular flexibility index (Phi) is 4.77. The van der Waals surface area contributed by atoms with E-state index in [1.165, 1.54) is 0 Å².